The van der Waals surface area contributed by atoms with Crippen molar-refractivity contribution >= 4 is 23.3 Å². The molecule has 36 heavy (non-hydrogen) atoms. The van der Waals surface area contributed by atoms with Crippen molar-refractivity contribution in [2.24, 2.45) is 0 Å². The Hall–Kier alpha value is -4.08. The second-order valence-corrected chi connectivity index (χ2v) is 8.50. The Morgan fingerprint density at radius 1 is 1.06 bits per heavy atom. The first-order valence-corrected chi connectivity index (χ1v) is 11.5. The Morgan fingerprint density at radius 2 is 1.78 bits per heavy atom. The van der Waals surface area contributed by atoms with Crippen LogP contribution in [0.2, 0.25) is 0 Å². The van der Waals surface area contributed by atoms with Gasteiger partial charge < -0.3 is 30.1 Å². The monoisotopic (exact) mass is 490 g/mol. The van der Waals surface area contributed by atoms with Crippen LogP contribution < -0.4 is 25.0 Å². The molecule has 0 saturated heterocycles. The molecule has 1 unspecified atom stereocenters. The maximum atomic E-state index is 13.6. The van der Waals surface area contributed by atoms with E-state index in [1.165, 1.54) is 14.2 Å². The van der Waals surface area contributed by atoms with Crippen molar-refractivity contribution < 1.29 is 24.2 Å². The van der Waals surface area contributed by atoms with Crippen molar-refractivity contribution in [1.82, 2.24) is 10.2 Å². The lowest BCUT2D eigenvalue weighted by Gasteiger charge is -2.43. The third-order valence-corrected chi connectivity index (χ3v) is 6.09. The highest BCUT2D eigenvalue weighted by Gasteiger charge is 2.52. The Labute approximate surface area is 210 Å². The molecule has 4 rings (SSSR count). The summed E-state index contributed by atoms with van der Waals surface area (Å²) in [5, 5.41) is 17.5. The lowest BCUT2D eigenvalue weighted by Crippen LogP contribution is -2.63. The van der Waals surface area contributed by atoms with Gasteiger partial charge in [-0.2, -0.15) is 0 Å². The summed E-state index contributed by atoms with van der Waals surface area (Å²) >= 11 is 0. The molecule has 188 valence electrons. The zero-order valence-electron chi connectivity index (χ0n) is 20.5. The first-order valence-electron chi connectivity index (χ1n) is 11.5. The van der Waals surface area contributed by atoms with Crippen LogP contribution in [0.4, 0.5) is 16.2 Å². The summed E-state index contributed by atoms with van der Waals surface area (Å²) in [5.74, 6) is 0.0383. The average molecular weight is 491 g/mol. The number of amides is 3. The van der Waals surface area contributed by atoms with Crippen LogP contribution in [0.25, 0.3) is 0 Å². The van der Waals surface area contributed by atoms with Crippen LogP contribution in [0.3, 0.4) is 0 Å². The molecule has 1 aliphatic rings. The van der Waals surface area contributed by atoms with Gasteiger partial charge in [-0.1, -0.05) is 48.5 Å². The van der Waals surface area contributed by atoms with E-state index >= 15 is 0 Å². The summed E-state index contributed by atoms with van der Waals surface area (Å²) in [4.78, 5) is 29.9. The summed E-state index contributed by atoms with van der Waals surface area (Å²) in [6, 6.07) is 20.8. The smallest absolute Gasteiger partial charge is 0.329 e. The second-order valence-electron chi connectivity index (χ2n) is 8.50. The largest absolute Gasteiger partial charge is 0.497 e. The minimum atomic E-state index is -2.32. The van der Waals surface area contributed by atoms with Gasteiger partial charge in [0.2, 0.25) is 0 Å². The standard InChI is InChI=1S/C27H30N4O5/c1-30(18-19-9-5-4-6-10-19)16-15-28-25(32)27(34)21-11-7-8-12-22(21)29-26(33)31(27)23-14-13-20(35-2)17-24(23)36-3/h4-14,17,34H,15-16,18H2,1-3H3,(H,28,32)(H,29,33). The van der Waals surface area contributed by atoms with E-state index in [2.05, 4.69) is 15.5 Å². The SMILES string of the molecule is COc1ccc(N2C(=O)Nc3ccccc3C2(O)C(=O)NCCN(C)Cc2ccccc2)c(OC)c1. The van der Waals surface area contributed by atoms with Crippen LogP contribution in [-0.2, 0) is 17.1 Å². The summed E-state index contributed by atoms with van der Waals surface area (Å²) in [5.41, 5.74) is -0.355. The third kappa shape index (κ3) is 4.84. The molecule has 3 aromatic carbocycles. The first kappa shape index (κ1) is 25.0. The number of methoxy groups -OCH3 is 2. The molecule has 0 fully saturated rings. The number of benzene rings is 3. The van der Waals surface area contributed by atoms with E-state index in [9.17, 15) is 14.7 Å². The quantitative estimate of drug-likeness (QED) is 0.426. The maximum absolute atomic E-state index is 13.6. The van der Waals surface area contributed by atoms with Gasteiger partial charge in [0.1, 0.15) is 11.5 Å². The zero-order valence-corrected chi connectivity index (χ0v) is 20.5. The number of nitrogens with zero attached hydrogens (tertiary/aromatic N) is 2. The van der Waals surface area contributed by atoms with Crippen LogP contribution in [0.15, 0.2) is 72.8 Å². The van der Waals surface area contributed by atoms with Gasteiger partial charge in [-0.15, -0.1) is 0 Å². The van der Waals surface area contributed by atoms with Gasteiger partial charge in [0.15, 0.2) is 0 Å². The van der Waals surface area contributed by atoms with Gasteiger partial charge in [-0.05, 0) is 30.8 Å². The molecule has 1 aliphatic heterocycles. The summed E-state index contributed by atoms with van der Waals surface area (Å²) in [6.07, 6.45) is 0. The van der Waals surface area contributed by atoms with Gasteiger partial charge in [0.25, 0.3) is 11.6 Å². The molecular formula is C27H30N4O5. The Kier molecular flexibility index (Phi) is 7.42. The fourth-order valence-electron chi connectivity index (χ4n) is 4.27. The lowest BCUT2D eigenvalue weighted by molar-refractivity contribution is -0.140. The number of carbonyl (C=O) groups excluding carboxylic acids is 2. The van der Waals surface area contributed by atoms with Crippen LogP contribution >= 0.6 is 0 Å². The zero-order chi connectivity index (χ0) is 25.7. The Bertz CT molecular complexity index is 1240. The van der Waals surface area contributed by atoms with Crippen LogP contribution in [0.1, 0.15) is 11.1 Å². The van der Waals surface area contributed by atoms with Gasteiger partial charge in [-0.25, -0.2) is 9.69 Å². The molecule has 0 spiro atoms. The maximum Gasteiger partial charge on any atom is 0.329 e. The van der Waals surface area contributed by atoms with Crippen LogP contribution in [0.5, 0.6) is 11.5 Å². The number of fused-ring (bicyclic) bond motifs is 1. The number of para-hydroxylation sites is 1. The fourth-order valence-corrected chi connectivity index (χ4v) is 4.27. The van der Waals surface area contributed by atoms with Crippen molar-refractivity contribution in [1.29, 1.82) is 0 Å². The minimum Gasteiger partial charge on any atom is -0.497 e. The molecular weight excluding hydrogens is 460 g/mol. The normalized spacial score (nSPS) is 16.8. The van der Waals surface area contributed by atoms with Crippen molar-refractivity contribution in [3.05, 3.63) is 83.9 Å². The number of likely N-dealkylation sites (N-methyl/N-ethyl adjacent to an activating group) is 1. The van der Waals surface area contributed by atoms with Crippen LogP contribution in [-0.4, -0.2) is 56.3 Å². The van der Waals surface area contributed by atoms with E-state index in [0.29, 0.717) is 24.5 Å². The lowest BCUT2D eigenvalue weighted by atomic mass is 9.94. The van der Waals surface area contributed by atoms with Crippen molar-refractivity contribution in [3.63, 3.8) is 0 Å². The average Bonchev–Trinajstić information content (AvgIpc) is 2.89. The van der Waals surface area contributed by atoms with E-state index in [4.69, 9.17) is 9.47 Å². The van der Waals surface area contributed by atoms with Crippen LogP contribution in [0, 0.1) is 0 Å². The highest BCUT2D eigenvalue weighted by atomic mass is 16.5. The molecule has 0 saturated carbocycles. The molecule has 3 N–H and O–H groups in total. The van der Waals surface area contributed by atoms with Gasteiger partial charge >= 0.3 is 6.03 Å². The predicted octanol–water partition coefficient (Wildman–Crippen LogP) is 3.15. The second kappa shape index (κ2) is 10.7. The summed E-state index contributed by atoms with van der Waals surface area (Å²) in [7, 11) is 4.90. The predicted molar refractivity (Wildman–Crippen MR) is 137 cm³/mol. The fraction of sp³-hybridized carbons (Fsp3) is 0.259. The van der Waals surface area contributed by atoms with Crippen molar-refractivity contribution in [3.8, 4) is 11.5 Å². The number of aliphatic hydroxyl groups is 1. The number of nitrogens with one attached hydrogen (secondary N) is 2. The molecule has 9 heteroatoms. The number of ether oxygens (including phenoxy) is 2. The molecule has 3 amide bonds. The molecule has 0 radical (unpaired) electrons. The number of urea groups is 1. The van der Waals surface area contributed by atoms with E-state index in [-0.39, 0.29) is 23.5 Å². The topological polar surface area (TPSA) is 103 Å². The number of hydrogen-bond donors (Lipinski definition) is 3. The van der Waals surface area contributed by atoms with E-state index in [0.717, 1.165) is 10.5 Å². The highest BCUT2D eigenvalue weighted by Crippen LogP contribution is 2.43. The van der Waals surface area contributed by atoms with E-state index in [1.807, 2.05) is 37.4 Å². The highest BCUT2D eigenvalue weighted by molar-refractivity contribution is 6.12. The molecule has 1 heterocycles. The first-order chi connectivity index (χ1) is 17.4. The molecule has 3 aromatic rings. The Morgan fingerprint density at radius 3 is 2.50 bits per heavy atom. The van der Waals surface area contributed by atoms with Crippen molar-refractivity contribution in [2.75, 3.05) is 44.6 Å². The number of rotatable bonds is 9. The van der Waals surface area contributed by atoms with E-state index < -0.39 is 17.7 Å². The summed E-state index contributed by atoms with van der Waals surface area (Å²) in [6.45, 7) is 1.51. The van der Waals surface area contributed by atoms with Gasteiger partial charge in [0, 0.05) is 31.3 Å². The van der Waals surface area contributed by atoms with E-state index in [1.54, 1.807) is 42.5 Å². The van der Waals surface area contributed by atoms with Crippen molar-refractivity contribution in [2.45, 2.75) is 12.3 Å². The number of anilines is 2. The molecule has 0 bridgehead atoms. The molecule has 9 nitrogen and oxygen atoms in total. The molecule has 1 atom stereocenters. The number of hydrogen-bond acceptors (Lipinski definition) is 6. The molecule has 0 aromatic heterocycles. The van der Waals surface area contributed by atoms with Gasteiger partial charge in [-0.3, -0.25) is 4.79 Å². The third-order valence-electron chi connectivity index (χ3n) is 6.09. The number of carbonyl (C=O) groups is 2. The summed E-state index contributed by atoms with van der Waals surface area (Å²) < 4.78 is 10.7. The molecule has 0 aliphatic carbocycles. The Balaban J connectivity index is 1.62. The minimum absolute atomic E-state index is 0.212. The van der Waals surface area contributed by atoms with Gasteiger partial charge in [0.05, 0.1) is 25.6 Å².